The fraction of sp³-hybridized carbons (Fsp3) is 0.611. The van der Waals surface area contributed by atoms with Crippen molar-refractivity contribution in [3.05, 3.63) is 29.8 Å². The molecule has 0 spiro atoms. The lowest BCUT2D eigenvalue weighted by molar-refractivity contribution is 0.0549. The molecule has 1 atom stereocenters. The molecule has 2 amide bonds. The summed E-state index contributed by atoms with van der Waals surface area (Å²) in [5.74, 6) is 1.19. The minimum atomic E-state index is -0.0801. The van der Waals surface area contributed by atoms with Crippen LogP contribution in [0.5, 0.6) is 5.75 Å². The third-order valence-electron chi connectivity index (χ3n) is 4.20. The van der Waals surface area contributed by atoms with Crippen molar-refractivity contribution in [2.75, 3.05) is 47.1 Å². The van der Waals surface area contributed by atoms with Gasteiger partial charge in [0, 0.05) is 32.4 Å². The maximum atomic E-state index is 12.6. The molecule has 1 aliphatic heterocycles. The van der Waals surface area contributed by atoms with Crippen LogP contribution in [0.15, 0.2) is 24.3 Å². The number of hydrogen-bond acceptors (Lipinski definition) is 4. The van der Waals surface area contributed by atoms with Crippen LogP contribution in [0.1, 0.15) is 18.4 Å². The average molecular weight is 336 g/mol. The first-order valence-electron chi connectivity index (χ1n) is 8.46. The number of urea groups is 1. The Labute approximate surface area is 144 Å². The monoisotopic (exact) mass is 336 g/mol. The molecular formula is C18H28N2O4. The van der Waals surface area contributed by atoms with Crippen molar-refractivity contribution in [2.24, 2.45) is 5.92 Å². The van der Waals surface area contributed by atoms with Crippen LogP contribution in [0.25, 0.3) is 0 Å². The molecule has 0 aromatic heterocycles. The molecule has 6 nitrogen and oxygen atoms in total. The molecule has 1 aromatic carbocycles. The Morgan fingerprint density at radius 1 is 1.38 bits per heavy atom. The molecule has 0 bridgehead atoms. The van der Waals surface area contributed by atoms with E-state index in [1.54, 1.807) is 19.1 Å². The van der Waals surface area contributed by atoms with Crippen molar-refractivity contribution in [3.63, 3.8) is 0 Å². The van der Waals surface area contributed by atoms with E-state index in [1.165, 1.54) is 0 Å². The van der Waals surface area contributed by atoms with Crippen molar-refractivity contribution in [3.8, 4) is 5.75 Å². The summed E-state index contributed by atoms with van der Waals surface area (Å²) in [6.07, 6.45) is 2.17. The lowest BCUT2D eigenvalue weighted by Gasteiger charge is -2.26. The predicted octanol–water partition coefficient (Wildman–Crippen LogP) is 2.28. The van der Waals surface area contributed by atoms with Gasteiger partial charge in [0.15, 0.2) is 0 Å². The molecule has 1 fully saturated rings. The largest absolute Gasteiger partial charge is 0.496 e. The number of amides is 2. The number of benzene rings is 1. The molecule has 6 heteroatoms. The highest BCUT2D eigenvalue weighted by molar-refractivity contribution is 5.74. The topological polar surface area (TPSA) is 60.0 Å². The SMILES string of the molecule is COCCN(Cc1ccccc1OC)C(=O)NC[C@H]1CCCOC1. The van der Waals surface area contributed by atoms with Crippen LogP contribution in [-0.4, -0.2) is 58.1 Å². The number of rotatable bonds is 8. The molecule has 0 aliphatic carbocycles. The van der Waals surface area contributed by atoms with Crippen LogP contribution in [-0.2, 0) is 16.0 Å². The van der Waals surface area contributed by atoms with Gasteiger partial charge in [-0.05, 0) is 24.8 Å². The number of para-hydroxylation sites is 1. The Hall–Kier alpha value is -1.79. The standard InChI is InChI=1S/C18H28N2O4/c1-22-11-9-20(13-16-7-3-4-8-17(16)23-2)18(21)19-12-15-6-5-10-24-14-15/h3-4,7-8,15H,5-6,9-14H2,1-2H3,(H,19,21)/t15-/m1/s1. The Bertz CT molecular complexity index is 504. The first kappa shape index (κ1) is 18.5. The molecule has 2 rings (SSSR count). The molecule has 24 heavy (non-hydrogen) atoms. The zero-order chi connectivity index (χ0) is 17.2. The Kier molecular flexibility index (Phi) is 7.85. The van der Waals surface area contributed by atoms with Crippen LogP contribution in [0.4, 0.5) is 4.79 Å². The van der Waals surface area contributed by atoms with Gasteiger partial charge in [-0.1, -0.05) is 18.2 Å². The van der Waals surface area contributed by atoms with E-state index in [0.717, 1.165) is 37.4 Å². The van der Waals surface area contributed by atoms with Gasteiger partial charge < -0.3 is 24.4 Å². The maximum Gasteiger partial charge on any atom is 0.317 e. The summed E-state index contributed by atoms with van der Waals surface area (Å²) in [5.41, 5.74) is 0.979. The minimum absolute atomic E-state index is 0.0801. The highest BCUT2D eigenvalue weighted by Gasteiger charge is 2.19. The highest BCUT2D eigenvalue weighted by atomic mass is 16.5. The molecule has 0 unspecified atom stereocenters. The number of nitrogens with one attached hydrogen (secondary N) is 1. The average Bonchev–Trinajstić information content (AvgIpc) is 2.64. The Morgan fingerprint density at radius 2 is 2.21 bits per heavy atom. The van der Waals surface area contributed by atoms with Crippen molar-refractivity contribution >= 4 is 6.03 Å². The molecule has 134 valence electrons. The van der Waals surface area contributed by atoms with E-state index >= 15 is 0 Å². The number of methoxy groups -OCH3 is 2. The van der Waals surface area contributed by atoms with E-state index in [1.807, 2.05) is 24.3 Å². The third-order valence-corrected chi connectivity index (χ3v) is 4.20. The number of carbonyl (C=O) groups excluding carboxylic acids is 1. The van der Waals surface area contributed by atoms with Gasteiger partial charge in [0.25, 0.3) is 0 Å². The molecule has 0 radical (unpaired) electrons. The van der Waals surface area contributed by atoms with E-state index in [2.05, 4.69) is 5.32 Å². The molecule has 1 aromatic rings. The van der Waals surface area contributed by atoms with Gasteiger partial charge >= 0.3 is 6.03 Å². The van der Waals surface area contributed by atoms with Crippen molar-refractivity contribution in [1.29, 1.82) is 0 Å². The first-order valence-corrected chi connectivity index (χ1v) is 8.46. The lowest BCUT2D eigenvalue weighted by Crippen LogP contribution is -2.43. The summed E-state index contributed by atoms with van der Waals surface area (Å²) < 4.78 is 16.0. The summed E-state index contributed by atoms with van der Waals surface area (Å²) in [6.45, 7) is 3.72. The third kappa shape index (κ3) is 5.69. The van der Waals surface area contributed by atoms with Gasteiger partial charge in [0.1, 0.15) is 5.75 Å². The normalized spacial score (nSPS) is 17.3. The van der Waals surface area contributed by atoms with E-state index in [0.29, 0.717) is 32.2 Å². The van der Waals surface area contributed by atoms with Gasteiger partial charge in [-0.15, -0.1) is 0 Å². The Balaban J connectivity index is 1.94. The van der Waals surface area contributed by atoms with Crippen LogP contribution >= 0.6 is 0 Å². The number of hydrogen-bond donors (Lipinski definition) is 1. The molecule has 1 saturated heterocycles. The molecular weight excluding hydrogens is 308 g/mol. The quantitative estimate of drug-likeness (QED) is 0.791. The summed E-state index contributed by atoms with van der Waals surface area (Å²) in [4.78, 5) is 14.3. The summed E-state index contributed by atoms with van der Waals surface area (Å²) in [7, 11) is 3.28. The summed E-state index contributed by atoms with van der Waals surface area (Å²) in [6, 6.07) is 7.67. The van der Waals surface area contributed by atoms with Crippen molar-refractivity contribution in [2.45, 2.75) is 19.4 Å². The fourth-order valence-corrected chi connectivity index (χ4v) is 2.80. The van der Waals surface area contributed by atoms with E-state index in [9.17, 15) is 4.79 Å². The highest BCUT2D eigenvalue weighted by Crippen LogP contribution is 2.19. The van der Waals surface area contributed by atoms with Gasteiger partial charge in [-0.25, -0.2) is 4.79 Å². The lowest BCUT2D eigenvalue weighted by atomic mass is 10.0. The summed E-state index contributed by atoms with van der Waals surface area (Å²) in [5, 5.41) is 3.03. The van der Waals surface area contributed by atoms with Crippen LogP contribution in [0.2, 0.25) is 0 Å². The number of nitrogens with zero attached hydrogens (tertiary/aromatic N) is 1. The second-order valence-corrected chi connectivity index (χ2v) is 6.00. The molecule has 0 saturated carbocycles. The van der Waals surface area contributed by atoms with Crippen molar-refractivity contribution < 1.29 is 19.0 Å². The second kappa shape index (κ2) is 10.2. The smallest absolute Gasteiger partial charge is 0.317 e. The molecule has 1 heterocycles. The maximum absolute atomic E-state index is 12.6. The minimum Gasteiger partial charge on any atom is -0.496 e. The zero-order valence-electron chi connectivity index (χ0n) is 14.6. The first-order chi connectivity index (χ1) is 11.7. The van der Waals surface area contributed by atoms with Crippen LogP contribution in [0, 0.1) is 5.92 Å². The second-order valence-electron chi connectivity index (χ2n) is 6.00. The Morgan fingerprint density at radius 3 is 2.92 bits per heavy atom. The van der Waals surface area contributed by atoms with Crippen LogP contribution in [0.3, 0.4) is 0 Å². The number of carbonyl (C=O) groups is 1. The van der Waals surface area contributed by atoms with Gasteiger partial charge in [0.05, 0.1) is 26.9 Å². The van der Waals surface area contributed by atoms with E-state index in [4.69, 9.17) is 14.2 Å². The molecule has 1 aliphatic rings. The van der Waals surface area contributed by atoms with Crippen molar-refractivity contribution in [1.82, 2.24) is 10.2 Å². The fourth-order valence-electron chi connectivity index (χ4n) is 2.80. The molecule has 1 N–H and O–H groups in total. The zero-order valence-corrected chi connectivity index (χ0v) is 14.6. The van der Waals surface area contributed by atoms with Crippen LogP contribution < -0.4 is 10.1 Å². The summed E-state index contributed by atoms with van der Waals surface area (Å²) >= 11 is 0. The van der Waals surface area contributed by atoms with Gasteiger partial charge in [-0.2, -0.15) is 0 Å². The number of ether oxygens (including phenoxy) is 3. The van der Waals surface area contributed by atoms with Gasteiger partial charge in [-0.3, -0.25) is 0 Å². The van der Waals surface area contributed by atoms with E-state index in [-0.39, 0.29) is 6.03 Å². The van der Waals surface area contributed by atoms with Gasteiger partial charge in [0.2, 0.25) is 0 Å². The van der Waals surface area contributed by atoms with E-state index < -0.39 is 0 Å². The predicted molar refractivity (Wildman–Crippen MR) is 92.2 cm³/mol.